The molecule has 1 aromatic rings. The summed E-state index contributed by atoms with van der Waals surface area (Å²) in [5, 5.41) is 2.75. The lowest BCUT2D eigenvalue weighted by Crippen LogP contribution is -2.41. The minimum atomic E-state index is -0.169. The van der Waals surface area contributed by atoms with Crippen molar-refractivity contribution in [2.75, 3.05) is 40.5 Å². The zero-order chi connectivity index (χ0) is 15.5. The van der Waals surface area contributed by atoms with E-state index in [1.54, 1.807) is 25.3 Å². The van der Waals surface area contributed by atoms with E-state index in [4.69, 9.17) is 9.47 Å². The van der Waals surface area contributed by atoms with E-state index in [0.29, 0.717) is 26.3 Å². The standard InChI is InChI=1S/C15H21BrN2O3/c1-20-11-9-18(10-12-21-2)15(19)17-8-7-13-3-5-14(16)6-4-13/h3-8H,9-12H2,1-2H3,(H,17,19)/b8-7+. The van der Waals surface area contributed by atoms with Crippen molar-refractivity contribution in [3.05, 3.63) is 40.5 Å². The van der Waals surface area contributed by atoms with E-state index >= 15 is 0 Å². The van der Waals surface area contributed by atoms with E-state index in [-0.39, 0.29) is 6.03 Å². The number of rotatable bonds is 8. The van der Waals surface area contributed by atoms with Gasteiger partial charge in [-0.3, -0.25) is 0 Å². The number of urea groups is 1. The number of hydrogen-bond acceptors (Lipinski definition) is 3. The number of amides is 2. The predicted octanol–water partition coefficient (Wildman–Crippen LogP) is 2.72. The number of carbonyl (C=O) groups is 1. The van der Waals surface area contributed by atoms with Gasteiger partial charge in [0.05, 0.1) is 13.2 Å². The van der Waals surface area contributed by atoms with Crippen molar-refractivity contribution in [2.24, 2.45) is 0 Å². The van der Waals surface area contributed by atoms with E-state index < -0.39 is 0 Å². The number of ether oxygens (including phenoxy) is 2. The van der Waals surface area contributed by atoms with Crippen molar-refractivity contribution in [1.82, 2.24) is 10.2 Å². The highest BCUT2D eigenvalue weighted by Crippen LogP contribution is 2.11. The molecule has 0 radical (unpaired) electrons. The van der Waals surface area contributed by atoms with Gasteiger partial charge in [0.25, 0.3) is 0 Å². The molecule has 1 rings (SSSR count). The second kappa shape index (κ2) is 10.4. The summed E-state index contributed by atoms with van der Waals surface area (Å²) in [6, 6.07) is 7.65. The normalized spacial score (nSPS) is 10.8. The number of hydrogen-bond donors (Lipinski definition) is 1. The lowest BCUT2D eigenvalue weighted by molar-refractivity contribution is 0.124. The molecule has 0 unspecified atom stereocenters. The fraction of sp³-hybridized carbons (Fsp3) is 0.400. The highest BCUT2D eigenvalue weighted by Gasteiger charge is 2.10. The number of nitrogens with one attached hydrogen (secondary N) is 1. The number of halogens is 1. The van der Waals surface area contributed by atoms with Gasteiger partial charge in [0.2, 0.25) is 0 Å². The Bertz CT molecular complexity index is 441. The van der Waals surface area contributed by atoms with Gasteiger partial charge in [-0.2, -0.15) is 0 Å². The fourth-order valence-corrected chi connectivity index (χ4v) is 1.86. The number of carbonyl (C=O) groups excluding carboxylic acids is 1. The summed E-state index contributed by atoms with van der Waals surface area (Å²) < 4.78 is 11.0. The minimum absolute atomic E-state index is 0.169. The van der Waals surface area contributed by atoms with Gasteiger partial charge in [-0.15, -0.1) is 0 Å². The Balaban J connectivity index is 2.49. The minimum Gasteiger partial charge on any atom is -0.383 e. The molecule has 0 saturated carbocycles. The van der Waals surface area contributed by atoms with Crippen molar-refractivity contribution in [2.45, 2.75) is 0 Å². The molecule has 0 aliphatic rings. The van der Waals surface area contributed by atoms with Crippen LogP contribution in [-0.2, 0) is 9.47 Å². The molecular weight excluding hydrogens is 336 g/mol. The Kier molecular flexibility index (Phi) is 8.73. The molecule has 0 bridgehead atoms. The van der Waals surface area contributed by atoms with E-state index in [0.717, 1.165) is 10.0 Å². The predicted molar refractivity (Wildman–Crippen MR) is 87.0 cm³/mol. The molecule has 116 valence electrons. The van der Waals surface area contributed by atoms with Crippen molar-refractivity contribution < 1.29 is 14.3 Å². The summed E-state index contributed by atoms with van der Waals surface area (Å²) in [6.07, 6.45) is 3.48. The van der Waals surface area contributed by atoms with E-state index in [9.17, 15) is 4.79 Å². The number of benzene rings is 1. The molecule has 1 aromatic carbocycles. The second-order valence-corrected chi connectivity index (χ2v) is 5.22. The van der Waals surface area contributed by atoms with E-state index in [1.807, 2.05) is 30.3 Å². The number of methoxy groups -OCH3 is 2. The van der Waals surface area contributed by atoms with Gasteiger partial charge in [-0.25, -0.2) is 4.79 Å². The summed E-state index contributed by atoms with van der Waals surface area (Å²) >= 11 is 3.38. The zero-order valence-electron chi connectivity index (χ0n) is 12.3. The highest BCUT2D eigenvalue weighted by atomic mass is 79.9. The Morgan fingerprint density at radius 3 is 2.29 bits per heavy atom. The molecule has 0 fully saturated rings. The number of nitrogens with zero attached hydrogens (tertiary/aromatic N) is 1. The SMILES string of the molecule is COCCN(CCOC)C(=O)N/C=C/c1ccc(Br)cc1. The van der Waals surface area contributed by atoms with Crippen LogP contribution >= 0.6 is 15.9 Å². The van der Waals surface area contributed by atoms with Crippen LogP contribution in [-0.4, -0.2) is 51.5 Å². The summed E-state index contributed by atoms with van der Waals surface area (Å²) in [4.78, 5) is 13.7. The molecule has 6 heteroatoms. The Labute approximate surface area is 134 Å². The van der Waals surface area contributed by atoms with Crippen LogP contribution in [0.5, 0.6) is 0 Å². The van der Waals surface area contributed by atoms with Crippen LogP contribution in [0.15, 0.2) is 34.9 Å². The lowest BCUT2D eigenvalue weighted by Gasteiger charge is -2.21. The summed E-state index contributed by atoms with van der Waals surface area (Å²) in [5.74, 6) is 0. The fourth-order valence-electron chi connectivity index (χ4n) is 1.59. The van der Waals surface area contributed by atoms with E-state index in [2.05, 4.69) is 21.2 Å². The first-order chi connectivity index (χ1) is 10.2. The van der Waals surface area contributed by atoms with Gasteiger partial charge >= 0.3 is 6.03 Å². The maximum atomic E-state index is 12.0. The molecule has 0 aromatic heterocycles. The maximum Gasteiger partial charge on any atom is 0.321 e. The third-order valence-electron chi connectivity index (χ3n) is 2.77. The molecule has 0 saturated heterocycles. The van der Waals surface area contributed by atoms with Crippen LogP contribution in [0, 0.1) is 0 Å². The van der Waals surface area contributed by atoms with Crippen LogP contribution in [0.3, 0.4) is 0 Å². The van der Waals surface area contributed by atoms with Crippen LogP contribution in [0.2, 0.25) is 0 Å². The van der Waals surface area contributed by atoms with Gasteiger partial charge in [0.1, 0.15) is 0 Å². The molecule has 1 N–H and O–H groups in total. The van der Waals surface area contributed by atoms with Crippen molar-refractivity contribution >= 4 is 28.0 Å². The highest BCUT2D eigenvalue weighted by molar-refractivity contribution is 9.10. The van der Waals surface area contributed by atoms with Crippen molar-refractivity contribution in [3.63, 3.8) is 0 Å². The molecular formula is C15H21BrN2O3. The molecule has 21 heavy (non-hydrogen) atoms. The third kappa shape index (κ3) is 7.27. The Morgan fingerprint density at radius 1 is 1.19 bits per heavy atom. The molecule has 0 aliphatic carbocycles. The first kappa shape index (κ1) is 17.7. The lowest BCUT2D eigenvalue weighted by atomic mass is 10.2. The van der Waals surface area contributed by atoms with Crippen LogP contribution in [0.4, 0.5) is 4.79 Å². The summed E-state index contributed by atoms with van der Waals surface area (Å²) in [6.45, 7) is 2.04. The van der Waals surface area contributed by atoms with Gasteiger partial charge in [0.15, 0.2) is 0 Å². The quantitative estimate of drug-likeness (QED) is 0.778. The van der Waals surface area contributed by atoms with Crippen molar-refractivity contribution in [1.29, 1.82) is 0 Å². The third-order valence-corrected chi connectivity index (χ3v) is 3.30. The average molecular weight is 357 g/mol. The van der Waals surface area contributed by atoms with Gasteiger partial charge in [0, 0.05) is 38.0 Å². The molecule has 0 spiro atoms. The molecule has 2 amide bonds. The molecule has 0 aliphatic heterocycles. The van der Waals surface area contributed by atoms with Gasteiger partial charge in [-0.05, 0) is 23.8 Å². The maximum absolute atomic E-state index is 12.0. The first-order valence-electron chi connectivity index (χ1n) is 6.63. The molecule has 0 heterocycles. The molecule has 5 nitrogen and oxygen atoms in total. The first-order valence-corrected chi connectivity index (χ1v) is 7.42. The Morgan fingerprint density at radius 2 is 1.76 bits per heavy atom. The second-order valence-electron chi connectivity index (χ2n) is 4.31. The topological polar surface area (TPSA) is 50.8 Å². The van der Waals surface area contributed by atoms with Crippen LogP contribution in [0.25, 0.3) is 6.08 Å². The summed E-state index contributed by atoms with van der Waals surface area (Å²) in [5.41, 5.74) is 1.01. The monoisotopic (exact) mass is 356 g/mol. The van der Waals surface area contributed by atoms with Crippen LogP contribution in [0.1, 0.15) is 5.56 Å². The Hall–Kier alpha value is -1.37. The van der Waals surface area contributed by atoms with E-state index in [1.165, 1.54) is 0 Å². The zero-order valence-corrected chi connectivity index (χ0v) is 13.9. The van der Waals surface area contributed by atoms with Gasteiger partial charge in [-0.1, -0.05) is 28.1 Å². The average Bonchev–Trinajstić information content (AvgIpc) is 2.49. The van der Waals surface area contributed by atoms with Crippen LogP contribution < -0.4 is 5.32 Å². The van der Waals surface area contributed by atoms with Crippen molar-refractivity contribution in [3.8, 4) is 0 Å². The largest absolute Gasteiger partial charge is 0.383 e. The summed E-state index contributed by atoms with van der Waals surface area (Å²) in [7, 11) is 3.22. The molecule has 0 atom stereocenters. The smallest absolute Gasteiger partial charge is 0.321 e. The van der Waals surface area contributed by atoms with Gasteiger partial charge < -0.3 is 19.7 Å².